The van der Waals surface area contributed by atoms with Gasteiger partial charge in [-0.25, -0.2) is 4.39 Å². The van der Waals surface area contributed by atoms with Crippen LogP contribution in [0.2, 0.25) is 9.36 Å². The third kappa shape index (κ3) is 2.88. The zero-order valence-corrected chi connectivity index (χ0v) is 10.5. The minimum atomic E-state index is -0.309. The summed E-state index contributed by atoms with van der Waals surface area (Å²) in [5.41, 5.74) is 0.589. The average Bonchev–Trinajstić information content (AvgIpc) is 2.66. The third-order valence-corrected chi connectivity index (χ3v) is 3.57. The zero-order valence-electron chi connectivity index (χ0n) is 8.14. The molecule has 0 aliphatic heterocycles. The second-order valence-corrected chi connectivity index (χ2v) is 5.39. The molecule has 0 unspecified atom stereocenters. The number of rotatable bonds is 3. The van der Waals surface area contributed by atoms with Crippen molar-refractivity contribution in [1.29, 1.82) is 0 Å². The summed E-state index contributed by atoms with van der Waals surface area (Å²) in [6.45, 7) is 0.584. The van der Waals surface area contributed by atoms with E-state index in [-0.39, 0.29) is 5.82 Å². The number of hydrogen-bond donors (Lipinski definition) is 1. The Morgan fingerprint density at radius 1 is 1.19 bits per heavy atom. The van der Waals surface area contributed by atoms with E-state index < -0.39 is 0 Å². The Labute approximate surface area is 107 Å². The van der Waals surface area contributed by atoms with Crippen molar-refractivity contribution in [2.45, 2.75) is 6.54 Å². The average molecular weight is 276 g/mol. The van der Waals surface area contributed by atoms with Gasteiger partial charge in [-0.15, -0.1) is 11.3 Å². The number of nitrogens with one attached hydrogen (secondary N) is 1. The highest BCUT2D eigenvalue weighted by molar-refractivity contribution is 7.16. The van der Waals surface area contributed by atoms with Crippen LogP contribution in [-0.4, -0.2) is 0 Å². The Bertz CT molecular complexity index is 498. The molecule has 1 aromatic carbocycles. The van der Waals surface area contributed by atoms with E-state index in [0.29, 0.717) is 17.3 Å². The maximum atomic E-state index is 13.0. The first-order chi connectivity index (χ1) is 7.65. The molecule has 1 N–H and O–H groups in total. The molecule has 0 radical (unpaired) electrons. The Hall–Kier alpha value is -0.770. The first-order valence-electron chi connectivity index (χ1n) is 4.58. The van der Waals surface area contributed by atoms with Crippen molar-refractivity contribution >= 4 is 40.2 Å². The van der Waals surface area contributed by atoms with Gasteiger partial charge in [0.1, 0.15) is 5.82 Å². The van der Waals surface area contributed by atoms with E-state index in [1.807, 2.05) is 12.1 Å². The van der Waals surface area contributed by atoms with Crippen molar-refractivity contribution in [2.24, 2.45) is 0 Å². The topological polar surface area (TPSA) is 12.0 Å². The van der Waals surface area contributed by atoms with Crippen LogP contribution in [0.1, 0.15) is 4.88 Å². The third-order valence-electron chi connectivity index (χ3n) is 2.01. The van der Waals surface area contributed by atoms with E-state index in [4.69, 9.17) is 23.2 Å². The van der Waals surface area contributed by atoms with Gasteiger partial charge in [0.15, 0.2) is 0 Å². The molecule has 84 valence electrons. The Morgan fingerprint density at radius 3 is 2.69 bits per heavy atom. The summed E-state index contributed by atoms with van der Waals surface area (Å²) in [4.78, 5) is 1.07. The summed E-state index contributed by atoms with van der Waals surface area (Å²) in [5, 5.41) is 3.57. The van der Waals surface area contributed by atoms with E-state index in [0.717, 1.165) is 9.21 Å². The number of benzene rings is 1. The SMILES string of the molecule is Fc1ccc(Cl)c(NCc2ccc(Cl)s2)c1. The van der Waals surface area contributed by atoms with E-state index in [1.165, 1.54) is 29.5 Å². The standard InChI is InChI=1S/C11H8Cl2FNS/c12-9-3-1-7(14)5-10(9)15-6-8-2-4-11(13)16-8/h1-5,15H,6H2. The summed E-state index contributed by atoms with van der Waals surface area (Å²) in [6, 6.07) is 7.98. The highest BCUT2D eigenvalue weighted by Gasteiger charge is 2.03. The second kappa shape index (κ2) is 5.04. The Balaban J connectivity index is 2.07. The Kier molecular flexibility index (Phi) is 3.69. The molecular formula is C11H8Cl2FNS. The largest absolute Gasteiger partial charge is 0.379 e. The first-order valence-corrected chi connectivity index (χ1v) is 6.15. The van der Waals surface area contributed by atoms with Gasteiger partial charge in [-0.05, 0) is 30.3 Å². The normalized spacial score (nSPS) is 10.4. The van der Waals surface area contributed by atoms with Gasteiger partial charge in [0.2, 0.25) is 0 Å². The lowest BCUT2D eigenvalue weighted by Crippen LogP contribution is -1.98. The number of halogens is 3. The quantitative estimate of drug-likeness (QED) is 0.848. The molecular weight excluding hydrogens is 268 g/mol. The molecule has 0 fully saturated rings. The van der Waals surface area contributed by atoms with Gasteiger partial charge in [0.05, 0.1) is 15.0 Å². The molecule has 0 spiro atoms. The maximum Gasteiger partial charge on any atom is 0.125 e. The van der Waals surface area contributed by atoms with Gasteiger partial charge >= 0.3 is 0 Å². The molecule has 0 atom stereocenters. The van der Waals surface area contributed by atoms with Crippen molar-refractivity contribution in [2.75, 3.05) is 5.32 Å². The molecule has 1 aromatic heterocycles. The van der Waals surface area contributed by atoms with Gasteiger partial charge < -0.3 is 5.32 Å². The summed E-state index contributed by atoms with van der Waals surface area (Å²) in [5.74, 6) is -0.309. The molecule has 1 heterocycles. The molecule has 2 aromatic rings. The van der Waals surface area contributed by atoms with Gasteiger partial charge in [0.25, 0.3) is 0 Å². The predicted octanol–water partition coefficient (Wildman–Crippen LogP) is 4.81. The van der Waals surface area contributed by atoms with Crippen LogP contribution >= 0.6 is 34.5 Å². The van der Waals surface area contributed by atoms with Crippen LogP contribution in [0.15, 0.2) is 30.3 Å². The molecule has 1 nitrogen and oxygen atoms in total. The second-order valence-electron chi connectivity index (χ2n) is 3.18. The van der Waals surface area contributed by atoms with Crippen molar-refractivity contribution in [3.05, 3.63) is 50.4 Å². The fourth-order valence-corrected chi connectivity index (χ4v) is 2.47. The maximum absolute atomic E-state index is 13.0. The van der Waals surface area contributed by atoms with Gasteiger partial charge in [0, 0.05) is 11.4 Å². The van der Waals surface area contributed by atoms with Crippen molar-refractivity contribution in [3.63, 3.8) is 0 Å². The fraction of sp³-hybridized carbons (Fsp3) is 0.0909. The van der Waals surface area contributed by atoms with Crippen molar-refractivity contribution in [3.8, 4) is 0 Å². The summed E-state index contributed by atoms with van der Waals surface area (Å²) in [7, 11) is 0. The van der Waals surface area contributed by atoms with Crippen LogP contribution in [0.4, 0.5) is 10.1 Å². The molecule has 0 aliphatic carbocycles. The lowest BCUT2D eigenvalue weighted by Gasteiger charge is -2.06. The van der Waals surface area contributed by atoms with E-state index in [9.17, 15) is 4.39 Å². The number of thiophene rings is 1. The van der Waals surface area contributed by atoms with Gasteiger partial charge in [-0.1, -0.05) is 23.2 Å². The summed E-state index contributed by atoms with van der Waals surface area (Å²) in [6.07, 6.45) is 0. The highest BCUT2D eigenvalue weighted by Crippen LogP contribution is 2.25. The molecule has 16 heavy (non-hydrogen) atoms. The van der Waals surface area contributed by atoms with Crippen LogP contribution in [0.5, 0.6) is 0 Å². The highest BCUT2D eigenvalue weighted by atomic mass is 35.5. The molecule has 0 amide bonds. The van der Waals surface area contributed by atoms with Crippen molar-refractivity contribution in [1.82, 2.24) is 0 Å². The van der Waals surface area contributed by atoms with E-state index >= 15 is 0 Å². The van der Waals surface area contributed by atoms with Gasteiger partial charge in [-0.2, -0.15) is 0 Å². The van der Waals surface area contributed by atoms with Crippen molar-refractivity contribution < 1.29 is 4.39 Å². The molecule has 0 aliphatic rings. The fourth-order valence-electron chi connectivity index (χ4n) is 1.26. The minimum Gasteiger partial charge on any atom is -0.379 e. The van der Waals surface area contributed by atoms with Crippen LogP contribution in [-0.2, 0) is 6.54 Å². The molecule has 0 saturated carbocycles. The monoisotopic (exact) mass is 275 g/mol. The van der Waals surface area contributed by atoms with E-state index in [2.05, 4.69) is 5.32 Å². The van der Waals surface area contributed by atoms with Crippen LogP contribution < -0.4 is 5.32 Å². The number of anilines is 1. The zero-order chi connectivity index (χ0) is 11.5. The molecule has 5 heteroatoms. The summed E-state index contributed by atoms with van der Waals surface area (Å²) >= 11 is 13.2. The Morgan fingerprint density at radius 2 is 2.00 bits per heavy atom. The smallest absolute Gasteiger partial charge is 0.125 e. The first kappa shape index (κ1) is 11.7. The number of hydrogen-bond acceptors (Lipinski definition) is 2. The van der Waals surface area contributed by atoms with E-state index in [1.54, 1.807) is 0 Å². The molecule has 0 saturated heterocycles. The summed E-state index contributed by atoms with van der Waals surface area (Å²) < 4.78 is 13.7. The van der Waals surface area contributed by atoms with Crippen LogP contribution in [0, 0.1) is 5.82 Å². The molecule has 0 bridgehead atoms. The minimum absolute atomic E-state index is 0.309. The van der Waals surface area contributed by atoms with Crippen LogP contribution in [0.25, 0.3) is 0 Å². The lowest BCUT2D eigenvalue weighted by atomic mass is 10.3. The van der Waals surface area contributed by atoms with Crippen LogP contribution in [0.3, 0.4) is 0 Å². The molecule has 2 rings (SSSR count). The van der Waals surface area contributed by atoms with Gasteiger partial charge in [-0.3, -0.25) is 0 Å². The lowest BCUT2D eigenvalue weighted by molar-refractivity contribution is 0.628. The predicted molar refractivity (Wildman–Crippen MR) is 68.1 cm³/mol.